The number of fused-ring (bicyclic) bond motifs is 1. The topological polar surface area (TPSA) is 67.4 Å². The second kappa shape index (κ2) is 8.02. The lowest BCUT2D eigenvalue weighted by molar-refractivity contribution is -0.123. The van der Waals surface area contributed by atoms with Crippen LogP contribution in [0.2, 0.25) is 0 Å². The fraction of sp³-hybridized carbons (Fsp3) is 0.0833. The zero-order chi connectivity index (χ0) is 20.2. The molecule has 1 aliphatic heterocycles. The van der Waals surface area contributed by atoms with E-state index in [-0.39, 0.29) is 11.8 Å². The molecule has 0 aliphatic carbocycles. The van der Waals surface area contributed by atoms with Gasteiger partial charge in [0.2, 0.25) is 12.0 Å². The molecular formula is C24H20N2O3. The lowest BCUT2D eigenvalue weighted by Gasteiger charge is -2.26. The monoisotopic (exact) mass is 384 g/mol. The number of amides is 2. The van der Waals surface area contributed by atoms with Gasteiger partial charge in [-0.25, -0.2) is 0 Å². The highest BCUT2D eigenvalue weighted by atomic mass is 16.5. The van der Waals surface area contributed by atoms with E-state index in [0.717, 1.165) is 11.1 Å². The average molecular weight is 384 g/mol. The first-order valence-corrected chi connectivity index (χ1v) is 9.31. The van der Waals surface area contributed by atoms with E-state index >= 15 is 0 Å². The fourth-order valence-corrected chi connectivity index (χ4v) is 3.07. The Hall–Kier alpha value is -3.86. The summed E-state index contributed by atoms with van der Waals surface area (Å²) in [4.78, 5) is 24.6. The standard InChI is InChI=1S/C24H20N2O3/c1-16-7-9-17(10-8-16)11-14-22(27)25-19-12-13-21-20(15-19)26-24(28)23(29-21)18-5-3-2-4-6-18/h2-15,23H,1H3,(H,25,27)(H,26,28)/b14-11+. The zero-order valence-electron chi connectivity index (χ0n) is 15.9. The van der Waals surface area contributed by atoms with Gasteiger partial charge in [-0.05, 0) is 36.8 Å². The number of aryl methyl sites for hydroxylation is 1. The largest absolute Gasteiger partial charge is 0.474 e. The van der Waals surface area contributed by atoms with Crippen molar-refractivity contribution in [3.8, 4) is 5.75 Å². The molecule has 1 aliphatic rings. The first-order chi connectivity index (χ1) is 14.1. The number of nitrogens with one attached hydrogen (secondary N) is 2. The Labute approximate surface area is 169 Å². The van der Waals surface area contributed by atoms with Crippen molar-refractivity contribution in [2.24, 2.45) is 0 Å². The first kappa shape index (κ1) is 18.5. The van der Waals surface area contributed by atoms with Crippen molar-refractivity contribution in [3.05, 3.63) is 95.6 Å². The van der Waals surface area contributed by atoms with Crippen LogP contribution in [-0.4, -0.2) is 11.8 Å². The maximum Gasteiger partial charge on any atom is 0.270 e. The molecule has 5 heteroatoms. The van der Waals surface area contributed by atoms with Gasteiger partial charge >= 0.3 is 0 Å². The molecule has 0 saturated heterocycles. The second-order valence-corrected chi connectivity index (χ2v) is 6.84. The quantitative estimate of drug-likeness (QED) is 0.640. The predicted octanol–water partition coefficient (Wildman–Crippen LogP) is 4.72. The van der Waals surface area contributed by atoms with Crippen LogP contribution in [0, 0.1) is 6.92 Å². The van der Waals surface area contributed by atoms with Crippen LogP contribution in [0.3, 0.4) is 0 Å². The van der Waals surface area contributed by atoms with Crippen molar-refractivity contribution in [3.63, 3.8) is 0 Å². The van der Waals surface area contributed by atoms with E-state index in [1.165, 1.54) is 11.6 Å². The van der Waals surface area contributed by atoms with Crippen LogP contribution >= 0.6 is 0 Å². The van der Waals surface area contributed by atoms with Crippen LogP contribution in [0.1, 0.15) is 22.8 Å². The first-order valence-electron chi connectivity index (χ1n) is 9.31. The van der Waals surface area contributed by atoms with E-state index in [1.54, 1.807) is 24.3 Å². The van der Waals surface area contributed by atoms with Gasteiger partial charge in [-0.3, -0.25) is 9.59 Å². The van der Waals surface area contributed by atoms with Crippen molar-refractivity contribution < 1.29 is 14.3 Å². The van der Waals surface area contributed by atoms with E-state index < -0.39 is 6.10 Å². The SMILES string of the molecule is Cc1ccc(/C=C/C(=O)Nc2ccc3c(c2)NC(=O)C(c2ccccc2)O3)cc1. The van der Waals surface area contributed by atoms with Crippen molar-refractivity contribution in [1.82, 2.24) is 0 Å². The van der Waals surface area contributed by atoms with Gasteiger partial charge in [0.1, 0.15) is 5.75 Å². The van der Waals surface area contributed by atoms with Crippen molar-refractivity contribution in [1.29, 1.82) is 0 Å². The van der Waals surface area contributed by atoms with Crippen molar-refractivity contribution in [2.75, 3.05) is 10.6 Å². The summed E-state index contributed by atoms with van der Waals surface area (Å²) >= 11 is 0. The van der Waals surface area contributed by atoms with Crippen LogP contribution in [0.5, 0.6) is 5.75 Å². The second-order valence-electron chi connectivity index (χ2n) is 6.84. The molecular weight excluding hydrogens is 364 g/mol. The molecule has 0 aromatic heterocycles. The van der Waals surface area contributed by atoms with Crippen LogP contribution < -0.4 is 15.4 Å². The summed E-state index contributed by atoms with van der Waals surface area (Å²) in [6.45, 7) is 2.01. The van der Waals surface area contributed by atoms with Crippen LogP contribution in [0.25, 0.3) is 6.08 Å². The Bertz CT molecular complexity index is 1070. The number of ether oxygens (including phenoxy) is 1. The summed E-state index contributed by atoms with van der Waals surface area (Å²) in [6, 6.07) is 22.4. The molecule has 2 N–H and O–H groups in total. The third kappa shape index (κ3) is 4.35. The van der Waals surface area contributed by atoms with Crippen molar-refractivity contribution in [2.45, 2.75) is 13.0 Å². The number of carbonyl (C=O) groups is 2. The number of rotatable bonds is 4. The third-order valence-corrected chi connectivity index (χ3v) is 4.59. The summed E-state index contributed by atoms with van der Waals surface area (Å²) in [5.74, 6) is 0.0637. The van der Waals surface area contributed by atoms with Gasteiger partial charge in [0, 0.05) is 17.3 Å². The van der Waals surface area contributed by atoms with E-state index in [4.69, 9.17) is 4.74 Å². The molecule has 0 bridgehead atoms. The third-order valence-electron chi connectivity index (χ3n) is 4.59. The van der Waals surface area contributed by atoms with Crippen LogP contribution in [0.15, 0.2) is 78.9 Å². The minimum absolute atomic E-state index is 0.244. The molecule has 0 spiro atoms. The Morgan fingerprint density at radius 3 is 2.55 bits per heavy atom. The predicted molar refractivity (Wildman–Crippen MR) is 114 cm³/mol. The van der Waals surface area contributed by atoms with Gasteiger partial charge in [0.05, 0.1) is 5.69 Å². The molecule has 0 radical (unpaired) electrons. The molecule has 2 amide bonds. The maximum absolute atomic E-state index is 12.4. The zero-order valence-corrected chi connectivity index (χ0v) is 15.9. The highest BCUT2D eigenvalue weighted by molar-refractivity contribution is 6.03. The average Bonchev–Trinajstić information content (AvgIpc) is 2.73. The van der Waals surface area contributed by atoms with E-state index in [0.29, 0.717) is 17.1 Å². The minimum atomic E-state index is -0.693. The summed E-state index contributed by atoms with van der Waals surface area (Å²) in [5.41, 5.74) is 4.00. The van der Waals surface area contributed by atoms with Gasteiger partial charge in [0.15, 0.2) is 0 Å². The molecule has 0 fully saturated rings. The molecule has 3 aromatic rings. The normalized spacial score (nSPS) is 15.3. The molecule has 29 heavy (non-hydrogen) atoms. The smallest absolute Gasteiger partial charge is 0.270 e. The highest BCUT2D eigenvalue weighted by Crippen LogP contribution is 2.36. The Balaban J connectivity index is 1.45. The molecule has 1 atom stereocenters. The molecule has 1 unspecified atom stereocenters. The van der Waals surface area contributed by atoms with Crippen LogP contribution in [0.4, 0.5) is 11.4 Å². The Kier molecular flexibility index (Phi) is 5.12. The number of hydrogen-bond acceptors (Lipinski definition) is 3. The van der Waals surface area contributed by atoms with E-state index in [2.05, 4.69) is 10.6 Å². The van der Waals surface area contributed by atoms with Crippen molar-refractivity contribution >= 4 is 29.3 Å². The molecule has 144 valence electrons. The maximum atomic E-state index is 12.4. The van der Waals surface area contributed by atoms with E-state index in [1.807, 2.05) is 61.5 Å². The number of anilines is 2. The summed E-state index contributed by atoms with van der Waals surface area (Å²) in [6.07, 6.45) is 2.54. The molecule has 3 aromatic carbocycles. The van der Waals surface area contributed by atoms with Crippen LogP contribution in [-0.2, 0) is 9.59 Å². The highest BCUT2D eigenvalue weighted by Gasteiger charge is 2.29. The number of benzene rings is 3. The van der Waals surface area contributed by atoms with Gasteiger partial charge in [-0.15, -0.1) is 0 Å². The summed E-state index contributed by atoms with van der Waals surface area (Å²) in [5, 5.41) is 5.65. The fourth-order valence-electron chi connectivity index (χ4n) is 3.07. The van der Waals surface area contributed by atoms with Gasteiger partial charge in [-0.1, -0.05) is 60.2 Å². The van der Waals surface area contributed by atoms with E-state index in [9.17, 15) is 9.59 Å². The van der Waals surface area contributed by atoms with Gasteiger partial charge < -0.3 is 15.4 Å². The van der Waals surface area contributed by atoms with Gasteiger partial charge in [0.25, 0.3) is 5.91 Å². The van der Waals surface area contributed by atoms with Gasteiger partial charge in [-0.2, -0.15) is 0 Å². The molecule has 0 saturated carbocycles. The Morgan fingerprint density at radius 2 is 1.79 bits per heavy atom. The number of carbonyl (C=O) groups excluding carboxylic acids is 2. The summed E-state index contributed by atoms with van der Waals surface area (Å²) < 4.78 is 5.87. The Morgan fingerprint density at radius 1 is 1.03 bits per heavy atom. The summed E-state index contributed by atoms with van der Waals surface area (Å²) in [7, 11) is 0. The molecule has 5 nitrogen and oxygen atoms in total. The lowest BCUT2D eigenvalue weighted by atomic mass is 10.1. The molecule has 4 rings (SSSR count). The lowest BCUT2D eigenvalue weighted by Crippen LogP contribution is -2.30. The molecule has 1 heterocycles. The number of hydrogen-bond donors (Lipinski definition) is 2. The minimum Gasteiger partial charge on any atom is -0.474 e.